The Morgan fingerprint density at radius 3 is 2.78 bits per heavy atom. The van der Waals surface area contributed by atoms with E-state index in [2.05, 4.69) is 22.2 Å². The van der Waals surface area contributed by atoms with Crippen molar-refractivity contribution in [3.05, 3.63) is 40.4 Å². The Morgan fingerprint density at radius 1 is 1.30 bits per heavy atom. The fraction of sp³-hybridized carbons (Fsp3) is 0.471. The van der Waals surface area contributed by atoms with Gasteiger partial charge in [-0.2, -0.15) is 0 Å². The predicted octanol–water partition coefficient (Wildman–Crippen LogP) is 2.66. The van der Waals surface area contributed by atoms with Gasteiger partial charge in [-0.05, 0) is 43.6 Å². The number of unbranched alkanes of at least 4 members (excludes halogenated alkanes) is 1. The van der Waals surface area contributed by atoms with Crippen LogP contribution in [0.1, 0.15) is 38.4 Å². The van der Waals surface area contributed by atoms with Gasteiger partial charge < -0.3 is 4.90 Å². The number of nitrogens with one attached hydrogen (secondary N) is 1. The topological polar surface area (TPSA) is 50.2 Å². The summed E-state index contributed by atoms with van der Waals surface area (Å²) in [4.78, 5) is 19.6. The minimum atomic E-state index is -0.0803. The Bertz CT molecular complexity index is 765. The van der Waals surface area contributed by atoms with Crippen molar-refractivity contribution in [1.29, 1.82) is 0 Å². The van der Waals surface area contributed by atoms with Crippen LogP contribution in [0.3, 0.4) is 0 Å². The minimum absolute atomic E-state index is 0.0803. The summed E-state index contributed by atoms with van der Waals surface area (Å²) in [5.41, 5.74) is 3.78. The molecule has 1 N–H and O–H groups in total. The molecule has 0 saturated carbocycles. The molecule has 1 aromatic carbocycles. The number of hydrogen-bond donors (Lipinski definition) is 1. The zero-order valence-corrected chi connectivity index (χ0v) is 14.2. The fourth-order valence-electron chi connectivity index (χ4n) is 2.88. The van der Waals surface area contributed by atoms with Gasteiger partial charge in [-0.25, -0.2) is 9.66 Å². The van der Waals surface area contributed by atoms with Crippen molar-refractivity contribution < 1.29 is 0 Å². The number of rotatable bonds is 4. The summed E-state index contributed by atoms with van der Waals surface area (Å²) in [6.45, 7) is 4.03. The SMILES string of the molecule is CCCCc1nc2ccccc2c(=O)n1NC(=S)N1CCCC1. The zero-order valence-electron chi connectivity index (χ0n) is 13.4. The molecule has 3 rings (SSSR count). The fourth-order valence-corrected chi connectivity index (χ4v) is 3.16. The van der Waals surface area contributed by atoms with Crippen LogP contribution in [0.5, 0.6) is 0 Å². The highest BCUT2D eigenvalue weighted by molar-refractivity contribution is 7.80. The average molecular weight is 330 g/mol. The Balaban J connectivity index is 1.99. The maximum absolute atomic E-state index is 12.8. The first-order valence-electron chi connectivity index (χ1n) is 8.27. The normalized spacial score (nSPS) is 14.4. The molecule has 1 saturated heterocycles. The number of hydrogen-bond acceptors (Lipinski definition) is 3. The van der Waals surface area contributed by atoms with Gasteiger partial charge in [-0.3, -0.25) is 10.2 Å². The van der Waals surface area contributed by atoms with Crippen LogP contribution in [0, 0.1) is 0 Å². The zero-order chi connectivity index (χ0) is 16.2. The van der Waals surface area contributed by atoms with Crippen LogP contribution in [-0.2, 0) is 6.42 Å². The molecule has 23 heavy (non-hydrogen) atoms. The van der Waals surface area contributed by atoms with Crippen LogP contribution >= 0.6 is 12.2 Å². The van der Waals surface area contributed by atoms with Crippen molar-refractivity contribution in [3.8, 4) is 0 Å². The third kappa shape index (κ3) is 3.37. The maximum Gasteiger partial charge on any atom is 0.280 e. The number of benzene rings is 1. The number of aromatic nitrogens is 2. The molecule has 122 valence electrons. The minimum Gasteiger partial charge on any atom is -0.348 e. The molecule has 0 aliphatic carbocycles. The van der Waals surface area contributed by atoms with Crippen molar-refractivity contribution in [2.45, 2.75) is 39.0 Å². The summed E-state index contributed by atoms with van der Waals surface area (Å²) in [7, 11) is 0. The summed E-state index contributed by atoms with van der Waals surface area (Å²) >= 11 is 5.48. The van der Waals surface area contributed by atoms with Gasteiger partial charge in [0.25, 0.3) is 5.56 Å². The van der Waals surface area contributed by atoms with E-state index in [1.165, 1.54) is 0 Å². The molecule has 1 aromatic heterocycles. The Morgan fingerprint density at radius 2 is 2.04 bits per heavy atom. The first-order valence-corrected chi connectivity index (χ1v) is 8.68. The average Bonchev–Trinajstić information content (AvgIpc) is 3.10. The summed E-state index contributed by atoms with van der Waals surface area (Å²) in [5, 5.41) is 1.23. The van der Waals surface area contributed by atoms with Gasteiger partial charge in [0, 0.05) is 19.5 Å². The Kier molecular flexibility index (Phi) is 4.91. The molecule has 0 bridgehead atoms. The van der Waals surface area contributed by atoms with Crippen LogP contribution in [0.15, 0.2) is 29.1 Å². The molecular weight excluding hydrogens is 308 g/mol. The van der Waals surface area contributed by atoms with Crippen molar-refractivity contribution >= 4 is 28.2 Å². The van der Waals surface area contributed by atoms with Crippen LogP contribution < -0.4 is 11.0 Å². The second-order valence-corrected chi connectivity index (χ2v) is 6.29. The summed E-state index contributed by atoms with van der Waals surface area (Å²) in [6, 6.07) is 7.46. The molecule has 0 unspecified atom stereocenters. The largest absolute Gasteiger partial charge is 0.348 e. The molecule has 0 radical (unpaired) electrons. The van der Waals surface area contributed by atoms with Gasteiger partial charge in [-0.1, -0.05) is 25.5 Å². The van der Waals surface area contributed by atoms with E-state index in [0.29, 0.717) is 10.5 Å². The number of fused-ring (bicyclic) bond motifs is 1. The number of para-hydroxylation sites is 1. The van der Waals surface area contributed by atoms with Gasteiger partial charge in [0.2, 0.25) is 0 Å². The predicted molar refractivity (Wildman–Crippen MR) is 97.4 cm³/mol. The first kappa shape index (κ1) is 15.9. The molecule has 2 heterocycles. The quantitative estimate of drug-likeness (QED) is 0.874. The number of aryl methyl sites for hydroxylation is 1. The molecule has 0 spiro atoms. The van der Waals surface area contributed by atoms with Crippen molar-refractivity contribution in [2.24, 2.45) is 0 Å². The standard InChI is InChI=1S/C17H22N4OS/c1-2-3-10-15-18-14-9-5-4-8-13(14)16(22)21(15)19-17(23)20-11-6-7-12-20/h4-5,8-9H,2-3,6-7,10-12H2,1H3,(H,19,23). The van der Waals surface area contributed by atoms with E-state index in [4.69, 9.17) is 12.2 Å². The lowest BCUT2D eigenvalue weighted by molar-refractivity contribution is 0.519. The first-order chi connectivity index (χ1) is 11.2. The van der Waals surface area contributed by atoms with Gasteiger partial charge >= 0.3 is 0 Å². The smallest absolute Gasteiger partial charge is 0.280 e. The number of nitrogens with zero attached hydrogens (tertiary/aromatic N) is 3. The molecule has 2 aromatic rings. The van der Waals surface area contributed by atoms with Crippen LogP contribution in [0.25, 0.3) is 10.9 Å². The van der Waals surface area contributed by atoms with E-state index in [9.17, 15) is 4.79 Å². The monoisotopic (exact) mass is 330 g/mol. The highest BCUT2D eigenvalue weighted by Crippen LogP contribution is 2.11. The van der Waals surface area contributed by atoms with Gasteiger partial charge in [0.05, 0.1) is 10.9 Å². The molecule has 1 aliphatic heterocycles. The summed E-state index contributed by atoms with van der Waals surface area (Å²) < 4.78 is 1.54. The second kappa shape index (κ2) is 7.08. The third-order valence-electron chi connectivity index (χ3n) is 4.20. The van der Waals surface area contributed by atoms with E-state index >= 15 is 0 Å². The molecule has 0 amide bonds. The molecule has 5 nitrogen and oxygen atoms in total. The molecule has 1 fully saturated rings. The van der Waals surface area contributed by atoms with E-state index in [-0.39, 0.29) is 5.56 Å². The van der Waals surface area contributed by atoms with Crippen molar-refractivity contribution in [2.75, 3.05) is 18.5 Å². The van der Waals surface area contributed by atoms with E-state index in [1.54, 1.807) is 4.68 Å². The molecule has 1 aliphatic rings. The van der Waals surface area contributed by atoms with Gasteiger partial charge in [0.1, 0.15) is 5.82 Å². The van der Waals surface area contributed by atoms with Crippen LogP contribution in [0.4, 0.5) is 0 Å². The van der Waals surface area contributed by atoms with E-state index in [0.717, 1.165) is 56.5 Å². The highest BCUT2D eigenvalue weighted by Gasteiger charge is 2.17. The lowest BCUT2D eigenvalue weighted by Gasteiger charge is -2.22. The molecular formula is C17H22N4OS. The van der Waals surface area contributed by atoms with Crippen LogP contribution in [0.2, 0.25) is 0 Å². The second-order valence-electron chi connectivity index (χ2n) is 5.90. The lowest BCUT2D eigenvalue weighted by atomic mass is 10.2. The lowest BCUT2D eigenvalue weighted by Crippen LogP contribution is -2.42. The summed E-state index contributed by atoms with van der Waals surface area (Å²) in [5.74, 6) is 0.747. The highest BCUT2D eigenvalue weighted by atomic mass is 32.1. The van der Waals surface area contributed by atoms with Gasteiger partial charge in [0.15, 0.2) is 5.11 Å². The molecule has 6 heteroatoms. The Labute approximate surface area is 141 Å². The number of thiocarbonyl (C=S) groups is 1. The number of likely N-dealkylation sites (tertiary alicyclic amines) is 1. The van der Waals surface area contributed by atoms with E-state index in [1.807, 2.05) is 24.3 Å². The van der Waals surface area contributed by atoms with Crippen molar-refractivity contribution in [3.63, 3.8) is 0 Å². The Hall–Kier alpha value is -1.95. The van der Waals surface area contributed by atoms with Crippen molar-refractivity contribution in [1.82, 2.24) is 14.6 Å². The van der Waals surface area contributed by atoms with Gasteiger partial charge in [-0.15, -0.1) is 0 Å². The summed E-state index contributed by atoms with van der Waals surface area (Å²) in [6.07, 6.45) is 5.10. The maximum atomic E-state index is 12.8. The third-order valence-corrected chi connectivity index (χ3v) is 4.55. The molecule has 0 atom stereocenters. The van der Waals surface area contributed by atoms with Crippen LogP contribution in [-0.4, -0.2) is 32.8 Å². The van der Waals surface area contributed by atoms with E-state index < -0.39 is 0 Å².